The molecule has 2 rings (SSSR count). The lowest BCUT2D eigenvalue weighted by Crippen LogP contribution is -2.18. The van der Waals surface area contributed by atoms with E-state index in [1.54, 1.807) is 0 Å². The number of rotatable bonds is 5. The Morgan fingerprint density at radius 2 is 1.90 bits per heavy atom. The molecule has 110 valence electrons. The smallest absolute Gasteiger partial charge is 0.126 e. The molecule has 3 nitrogen and oxygen atoms in total. The van der Waals surface area contributed by atoms with Crippen molar-refractivity contribution >= 4 is 11.0 Å². The standard InChI is InChI=1S/C17H27N3/c1-6-20-16-8-7-13(12(4)5)10-15(16)19-17(20)14(18)9-11(2)3/h7-8,10-12,14H,6,9,18H2,1-5H3. The zero-order valence-corrected chi connectivity index (χ0v) is 13.4. The fourth-order valence-corrected chi connectivity index (χ4v) is 2.75. The number of nitrogens with zero attached hydrogens (tertiary/aromatic N) is 2. The second-order valence-electron chi connectivity index (χ2n) is 6.35. The maximum Gasteiger partial charge on any atom is 0.126 e. The van der Waals surface area contributed by atoms with Crippen LogP contribution in [0.3, 0.4) is 0 Å². The molecule has 1 atom stereocenters. The number of imidazole rings is 1. The molecule has 0 radical (unpaired) electrons. The predicted octanol–water partition coefficient (Wildman–Crippen LogP) is 4.23. The lowest BCUT2D eigenvalue weighted by Gasteiger charge is -2.15. The number of fused-ring (bicyclic) bond motifs is 1. The van der Waals surface area contributed by atoms with Gasteiger partial charge in [-0.1, -0.05) is 33.8 Å². The Bertz CT molecular complexity index is 581. The van der Waals surface area contributed by atoms with Crippen LogP contribution >= 0.6 is 0 Å². The lowest BCUT2D eigenvalue weighted by molar-refractivity contribution is 0.479. The Morgan fingerprint density at radius 1 is 1.20 bits per heavy atom. The van der Waals surface area contributed by atoms with E-state index in [4.69, 9.17) is 10.7 Å². The molecule has 1 aromatic carbocycles. The maximum absolute atomic E-state index is 6.35. The second-order valence-corrected chi connectivity index (χ2v) is 6.35. The summed E-state index contributed by atoms with van der Waals surface area (Å²) in [5, 5.41) is 0. The molecule has 3 heteroatoms. The van der Waals surface area contributed by atoms with Gasteiger partial charge in [-0.25, -0.2) is 4.98 Å². The first-order valence-corrected chi connectivity index (χ1v) is 7.69. The Hall–Kier alpha value is -1.35. The number of hydrogen-bond acceptors (Lipinski definition) is 2. The normalized spacial score (nSPS) is 13.6. The summed E-state index contributed by atoms with van der Waals surface area (Å²) in [4.78, 5) is 4.82. The molecule has 0 amide bonds. The highest BCUT2D eigenvalue weighted by Gasteiger charge is 2.17. The summed E-state index contributed by atoms with van der Waals surface area (Å²) in [6.45, 7) is 11.9. The highest BCUT2D eigenvalue weighted by atomic mass is 15.1. The van der Waals surface area contributed by atoms with E-state index in [0.717, 1.165) is 24.3 Å². The summed E-state index contributed by atoms with van der Waals surface area (Å²) >= 11 is 0. The maximum atomic E-state index is 6.35. The molecule has 1 aromatic heterocycles. The van der Waals surface area contributed by atoms with Crippen LogP contribution in [0.2, 0.25) is 0 Å². The molecule has 0 aliphatic carbocycles. The van der Waals surface area contributed by atoms with Crippen LogP contribution in [0.4, 0.5) is 0 Å². The first-order valence-electron chi connectivity index (χ1n) is 7.69. The summed E-state index contributed by atoms with van der Waals surface area (Å²) in [7, 11) is 0. The van der Waals surface area contributed by atoms with Crippen LogP contribution < -0.4 is 5.73 Å². The molecule has 0 saturated heterocycles. The van der Waals surface area contributed by atoms with Gasteiger partial charge in [-0.05, 0) is 42.9 Å². The zero-order chi connectivity index (χ0) is 14.9. The van der Waals surface area contributed by atoms with E-state index < -0.39 is 0 Å². The first kappa shape index (κ1) is 15.0. The van der Waals surface area contributed by atoms with Crippen molar-refractivity contribution in [3.63, 3.8) is 0 Å². The van der Waals surface area contributed by atoms with Crippen LogP contribution in [0.15, 0.2) is 18.2 Å². The molecule has 2 N–H and O–H groups in total. The van der Waals surface area contributed by atoms with Gasteiger partial charge in [0.1, 0.15) is 5.82 Å². The Labute approximate surface area is 122 Å². The SMILES string of the molecule is CCn1c(C(N)CC(C)C)nc2cc(C(C)C)ccc21. The summed E-state index contributed by atoms with van der Waals surface area (Å²) in [5.74, 6) is 2.14. The van der Waals surface area contributed by atoms with E-state index in [0.29, 0.717) is 11.8 Å². The van der Waals surface area contributed by atoms with E-state index in [2.05, 4.69) is 57.4 Å². The van der Waals surface area contributed by atoms with E-state index >= 15 is 0 Å². The van der Waals surface area contributed by atoms with Gasteiger partial charge in [-0.15, -0.1) is 0 Å². The van der Waals surface area contributed by atoms with Gasteiger partial charge in [0, 0.05) is 6.54 Å². The molecular formula is C17H27N3. The van der Waals surface area contributed by atoms with Crippen LogP contribution in [0.1, 0.15) is 64.4 Å². The molecule has 0 bridgehead atoms. The summed E-state index contributed by atoms with van der Waals surface area (Å²) in [6, 6.07) is 6.62. The second kappa shape index (κ2) is 5.96. The topological polar surface area (TPSA) is 43.8 Å². The summed E-state index contributed by atoms with van der Waals surface area (Å²) < 4.78 is 2.26. The quantitative estimate of drug-likeness (QED) is 0.886. The van der Waals surface area contributed by atoms with Crippen molar-refractivity contribution in [3.05, 3.63) is 29.6 Å². The Kier molecular flexibility index (Phi) is 4.48. The van der Waals surface area contributed by atoms with Crippen molar-refractivity contribution in [3.8, 4) is 0 Å². The molecular weight excluding hydrogens is 246 g/mol. The number of aryl methyl sites for hydroxylation is 1. The molecule has 2 aromatic rings. The third kappa shape index (κ3) is 2.88. The average Bonchev–Trinajstić information content (AvgIpc) is 2.75. The van der Waals surface area contributed by atoms with Crippen molar-refractivity contribution in [2.75, 3.05) is 0 Å². The minimum Gasteiger partial charge on any atom is -0.327 e. The molecule has 1 unspecified atom stereocenters. The molecule has 0 spiro atoms. The van der Waals surface area contributed by atoms with Gasteiger partial charge >= 0.3 is 0 Å². The van der Waals surface area contributed by atoms with Crippen molar-refractivity contribution < 1.29 is 0 Å². The van der Waals surface area contributed by atoms with Gasteiger partial charge in [0.2, 0.25) is 0 Å². The van der Waals surface area contributed by atoms with E-state index in [1.165, 1.54) is 11.1 Å². The monoisotopic (exact) mass is 273 g/mol. The van der Waals surface area contributed by atoms with Gasteiger partial charge in [0.05, 0.1) is 17.1 Å². The van der Waals surface area contributed by atoms with E-state index in [9.17, 15) is 0 Å². The molecule has 0 aliphatic heterocycles. The number of nitrogens with two attached hydrogens (primary N) is 1. The largest absolute Gasteiger partial charge is 0.327 e. The van der Waals surface area contributed by atoms with Crippen LogP contribution in [0, 0.1) is 5.92 Å². The van der Waals surface area contributed by atoms with Crippen LogP contribution in [0.25, 0.3) is 11.0 Å². The minimum absolute atomic E-state index is 0.0184. The number of benzene rings is 1. The van der Waals surface area contributed by atoms with Crippen molar-refractivity contribution in [1.29, 1.82) is 0 Å². The fraction of sp³-hybridized carbons (Fsp3) is 0.588. The molecule has 20 heavy (non-hydrogen) atoms. The Balaban J connectivity index is 2.49. The molecule has 0 saturated carbocycles. The van der Waals surface area contributed by atoms with Gasteiger partial charge in [0.15, 0.2) is 0 Å². The summed E-state index contributed by atoms with van der Waals surface area (Å²) in [5.41, 5.74) is 9.96. The third-order valence-electron chi connectivity index (χ3n) is 3.84. The number of hydrogen-bond donors (Lipinski definition) is 1. The minimum atomic E-state index is 0.0184. The average molecular weight is 273 g/mol. The predicted molar refractivity (Wildman–Crippen MR) is 85.9 cm³/mol. The highest BCUT2D eigenvalue weighted by Crippen LogP contribution is 2.26. The van der Waals surface area contributed by atoms with Gasteiger partial charge < -0.3 is 10.3 Å². The molecule has 0 aliphatic rings. The Morgan fingerprint density at radius 3 is 2.45 bits per heavy atom. The van der Waals surface area contributed by atoms with Gasteiger partial charge in [-0.2, -0.15) is 0 Å². The highest BCUT2D eigenvalue weighted by molar-refractivity contribution is 5.77. The van der Waals surface area contributed by atoms with E-state index in [1.807, 2.05) is 0 Å². The van der Waals surface area contributed by atoms with Crippen molar-refractivity contribution in [2.45, 2.75) is 59.5 Å². The first-order chi connectivity index (χ1) is 9.43. The van der Waals surface area contributed by atoms with Crippen molar-refractivity contribution in [1.82, 2.24) is 9.55 Å². The third-order valence-corrected chi connectivity index (χ3v) is 3.84. The lowest BCUT2D eigenvalue weighted by atomic mass is 10.0. The fourth-order valence-electron chi connectivity index (χ4n) is 2.75. The van der Waals surface area contributed by atoms with Crippen LogP contribution in [-0.2, 0) is 6.54 Å². The number of aromatic nitrogens is 2. The van der Waals surface area contributed by atoms with Crippen LogP contribution in [-0.4, -0.2) is 9.55 Å². The zero-order valence-electron chi connectivity index (χ0n) is 13.4. The van der Waals surface area contributed by atoms with Gasteiger partial charge in [-0.3, -0.25) is 0 Å². The molecule has 0 fully saturated rings. The summed E-state index contributed by atoms with van der Waals surface area (Å²) in [6.07, 6.45) is 0.973. The van der Waals surface area contributed by atoms with E-state index in [-0.39, 0.29) is 6.04 Å². The van der Waals surface area contributed by atoms with Crippen molar-refractivity contribution in [2.24, 2.45) is 11.7 Å². The molecule has 1 heterocycles. The van der Waals surface area contributed by atoms with Crippen LogP contribution in [0.5, 0.6) is 0 Å². The van der Waals surface area contributed by atoms with Gasteiger partial charge in [0.25, 0.3) is 0 Å².